The Morgan fingerprint density at radius 1 is 1.44 bits per heavy atom. The molecule has 1 heterocycles. The van der Waals surface area contributed by atoms with Gasteiger partial charge in [-0.3, -0.25) is 4.79 Å². The summed E-state index contributed by atoms with van der Waals surface area (Å²) in [5, 5.41) is 3.33. The topological polar surface area (TPSA) is 32.3 Å². The number of piperazine rings is 1. The van der Waals surface area contributed by atoms with E-state index in [-0.39, 0.29) is 11.4 Å². The Labute approximate surface area is 117 Å². The maximum atomic E-state index is 12.6. The van der Waals surface area contributed by atoms with Crippen molar-refractivity contribution in [3.8, 4) is 0 Å². The van der Waals surface area contributed by atoms with Crippen molar-refractivity contribution in [2.24, 2.45) is 0 Å². The highest BCUT2D eigenvalue weighted by atomic mass is 79.9. The molecule has 98 valence electrons. The van der Waals surface area contributed by atoms with Crippen LogP contribution in [-0.2, 0) is 0 Å². The van der Waals surface area contributed by atoms with E-state index in [9.17, 15) is 4.79 Å². The molecule has 0 unspecified atom stereocenters. The highest BCUT2D eigenvalue weighted by Gasteiger charge is 2.34. The van der Waals surface area contributed by atoms with Gasteiger partial charge in [0.2, 0.25) is 0 Å². The van der Waals surface area contributed by atoms with Crippen LogP contribution in [-0.4, -0.2) is 36.0 Å². The summed E-state index contributed by atoms with van der Waals surface area (Å²) in [5.74, 6) is 0.105. The molecule has 1 aromatic rings. The number of aryl methyl sites for hydroxylation is 1. The van der Waals surface area contributed by atoms with Crippen LogP contribution < -0.4 is 5.32 Å². The third-order valence-corrected chi connectivity index (χ3v) is 4.06. The van der Waals surface area contributed by atoms with Crippen molar-refractivity contribution in [3.05, 3.63) is 33.8 Å². The Morgan fingerprint density at radius 2 is 2.17 bits per heavy atom. The Hall–Kier alpha value is -0.870. The fourth-order valence-corrected chi connectivity index (χ4v) is 2.96. The average Bonchev–Trinajstić information content (AvgIpc) is 2.27. The molecule has 4 heteroatoms. The summed E-state index contributed by atoms with van der Waals surface area (Å²) in [7, 11) is 0. The lowest BCUT2D eigenvalue weighted by atomic mass is 9.98. The largest absolute Gasteiger partial charge is 0.331 e. The van der Waals surface area contributed by atoms with Crippen molar-refractivity contribution in [2.75, 3.05) is 19.6 Å². The zero-order valence-corrected chi connectivity index (χ0v) is 12.7. The molecular formula is C14H19BrN2O. The number of amides is 1. The molecule has 1 aromatic carbocycles. The second-order valence-electron chi connectivity index (χ2n) is 5.43. The zero-order chi connectivity index (χ0) is 13.3. The van der Waals surface area contributed by atoms with E-state index in [0.29, 0.717) is 0 Å². The van der Waals surface area contributed by atoms with Crippen LogP contribution in [0.4, 0.5) is 0 Å². The third-order valence-electron chi connectivity index (χ3n) is 3.40. The molecule has 0 saturated carbocycles. The van der Waals surface area contributed by atoms with Crippen molar-refractivity contribution >= 4 is 21.8 Å². The Bertz CT molecular complexity index is 471. The van der Waals surface area contributed by atoms with Crippen molar-refractivity contribution < 1.29 is 4.79 Å². The predicted molar refractivity (Wildman–Crippen MR) is 76.9 cm³/mol. The summed E-state index contributed by atoms with van der Waals surface area (Å²) >= 11 is 3.49. The average molecular weight is 311 g/mol. The summed E-state index contributed by atoms with van der Waals surface area (Å²) < 4.78 is 0.877. The molecule has 0 aliphatic carbocycles. The summed E-state index contributed by atoms with van der Waals surface area (Å²) in [6, 6.07) is 5.87. The minimum Gasteiger partial charge on any atom is -0.331 e. The number of nitrogens with one attached hydrogen (secondary N) is 1. The van der Waals surface area contributed by atoms with Gasteiger partial charge in [0.05, 0.1) is 11.1 Å². The van der Waals surface area contributed by atoms with Gasteiger partial charge in [-0.05, 0) is 54.4 Å². The van der Waals surface area contributed by atoms with Crippen molar-refractivity contribution in [2.45, 2.75) is 26.3 Å². The van der Waals surface area contributed by atoms with Crippen molar-refractivity contribution in [1.29, 1.82) is 0 Å². The molecule has 0 atom stereocenters. The van der Waals surface area contributed by atoms with E-state index < -0.39 is 0 Å². The number of carbonyl (C=O) groups is 1. The molecule has 1 aliphatic rings. The van der Waals surface area contributed by atoms with E-state index in [4.69, 9.17) is 0 Å². The lowest BCUT2D eigenvalue weighted by Crippen LogP contribution is -2.59. The fraction of sp³-hybridized carbons (Fsp3) is 0.500. The molecular weight excluding hydrogens is 292 g/mol. The first-order valence-corrected chi connectivity index (χ1v) is 7.00. The van der Waals surface area contributed by atoms with Crippen LogP contribution in [0.2, 0.25) is 0 Å². The fourth-order valence-electron chi connectivity index (χ4n) is 2.30. The summed E-state index contributed by atoms with van der Waals surface area (Å²) in [5.41, 5.74) is 1.76. The minimum absolute atomic E-state index is 0.105. The van der Waals surface area contributed by atoms with Crippen LogP contribution in [0.5, 0.6) is 0 Å². The van der Waals surface area contributed by atoms with Crippen molar-refractivity contribution in [3.63, 3.8) is 0 Å². The van der Waals surface area contributed by atoms with Gasteiger partial charge in [0.15, 0.2) is 0 Å². The molecule has 3 nitrogen and oxygen atoms in total. The van der Waals surface area contributed by atoms with E-state index in [2.05, 4.69) is 35.1 Å². The Morgan fingerprint density at radius 3 is 2.78 bits per heavy atom. The van der Waals surface area contributed by atoms with Crippen LogP contribution in [0.3, 0.4) is 0 Å². The van der Waals surface area contributed by atoms with Crippen LogP contribution in [0.15, 0.2) is 22.7 Å². The highest BCUT2D eigenvalue weighted by Crippen LogP contribution is 2.24. The molecule has 2 rings (SSSR count). The zero-order valence-electron chi connectivity index (χ0n) is 11.1. The van der Waals surface area contributed by atoms with Crippen LogP contribution in [0.25, 0.3) is 0 Å². The normalized spacial score (nSPS) is 18.8. The van der Waals surface area contributed by atoms with Crippen LogP contribution >= 0.6 is 15.9 Å². The second kappa shape index (κ2) is 5.02. The van der Waals surface area contributed by atoms with Gasteiger partial charge in [0, 0.05) is 24.1 Å². The van der Waals surface area contributed by atoms with Gasteiger partial charge in [-0.15, -0.1) is 0 Å². The number of hydrogen-bond acceptors (Lipinski definition) is 2. The first kappa shape index (κ1) is 13.6. The van der Waals surface area contributed by atoms with Gasteiger partial charge in [-0.2, -0.15) is 0 Å². The van der Waals surface area contributed by atoms with Gasteiger partial charge in [-0.1, -0.05) is 6.07 Å². The SMILES string of the molecule is Cc1ccc(C(=O)N2CCNCC2(C)C)c(Br)c1. The molecule has 18 heavy (non-hydrogen) atoms. The number of carbonyl (C=O) groups excluding carboxylic acids is 1. The second-order valence-corrected chi connectivity index (χ2v) is 6.28. The van der Waals surface area contributed by atoms with Crippen LogP contribution in [0, 0.1) is 6.92 Å². The smallest absolute Gasteiger partial charge is 0.255 e. The van der Waals surface area contributed by atoms with Gasteiger partial charge < -0.3 is 10.2 Å². The maximum Gasteiger partial charge on any atom is 0.255 e. The van der Waals surface area contributed by atoms with E-state index in [1.807, 2.05) is 30.0 Å². The molecule has 0 radical (unpaired) electrons. The lowest BCUT2D eigenvalue weighted by Gasteiger charge is -2.43. The molecule has 1 aliphatic heterocycles. The van der Waals surface area contributed by atoms with E-state index in [1.54, 1.807) is 0 Å². The number of hydrogen-bond donors (Lipinski definition) is 1. The van der Waals surface area contributed by atoms with Crippen LogP contribution in [0.1, 0.15) is 29.8 Å². The van der Waals surface area contributed by atoms with E-state index in [0.717, 1.165) is 35.2 Å². The first-order valence-electron chi connectivity index (χ1n) is 6.21. The molecule has 0 bridgehead atoms. The van der Waals surface area contributed by atoms with Crippen molar-refractivity contribution in [1.82, 2.24) is 10.2 Å². The summed E-state index contributed by atoms with van der Waals surface area (Å²) in [6.07, 6.45) is 0. The van der Waals surface area contributed by atoms with E-state index in [1.165, 1.54) is 0 Å². The third kappa shape index (κ3) is 2.59. The lowest BCUT2D eigenvalue weighted by molar-refractivity contribution is 0.0476. The summed E-state index contributed by atoms with van der Waals surface area (Å²) in [6.45, 7) is 8.67. The summed E-state index contributed by atoms with van der Waals surface area (Å²) in [4.78, 5) is 14.6. The number of benzene rings is 1. The first-order chi connectivity index (χ1) is 8.42. The monoisotopic (exact) mass is 310 g/mol. The molecule has 1 N–H and O–H groups in total. The molecule has 1 fully saturated rings. The van der Waals surface area contributed by atoms with Gasteiger partial charge in [0.1, 0.15) is 0 Å². The van der Waals surface area contributed by atoms with Gasteiger partial charge >= 0.3 is 0 Å². The molecule has 0 spiro atoms. The Kier molecular flexibility index (Phi) is 3.78. The predicted octanol–water partition coefficient (Wildman–Crippen LogP) is 2.58. The number of nitrogens with zero attached hydrogens (tertiary/aromatic N) is 1. The van der Waals surface area contributed by atoms with Gasteiger partial charge in [0.25, 0.3) is 5.91 Å². The minimum atomic E-state index is -0.139. The molecule has 0 aromatic heterocycles. The Balaban J connectivity index is 2.30. The van der Waals surface area contributed by atoms with Gasteiger partial charge in [-0.25, -0.2) is 0 Å². The molecule has 1 saturated heterocycles. The quantitative estimate of drug-likeness (QED) is 0.864. The number of rotatable bonds is 1. The maximum absolute atomic E-state index is 12.6. The number of halogens is 1. The van der Waals surface area contributed by atoms with E-state index >= 15 is 0 Å². The molecule has 1 amide bonds. The highest BCUT2D eigenvalue weighted by molar-refractivity contribution is 9.10. The standard InChI is InChI=1S/C14H19BrN2O/c1-10-4-5-11(12(15)8-10)13(18)17-7-6-16-9-14(17,2)3/h4-5,8,16H,6-7,9H2,1-3H3.